The molecule has 0 spiro atoms. The zero-order valence-corrected chi connectivity index (χ0v) is 33.6. The van der Waals surface area contributed by atoms with Crippen molar-refractivity contribution in [3.05, 3.63) is 88.5 Å². The van der Waals surface area contributed by atoms with Gasteiger partial charge >= 0.3 is 5.97 Å². The minimum absolute atomic E-state index is 0.0504. The van der Waals surface area contributed by atoms with Crippen molar-refractivity contribution < 1.29 is 58.1 Å². The number of nitrogens with one attached hydrogen (secondary N) is 4. The first kappa shape index (κ1) is 45.8. The number of nitro groups is 1. The molecule has 4 amide bonds. The maximum atomic E-state index is 13.2. The number of hydrogen-bond acceptors (Lipinski definition) is 15. The predicted molar refractivity (Wildman–Crippen MR) is 218 cm³/mol. The molecule has 6 unspecified atom stereocenters. The van der Waals surface area contributed by atoms with Crippen LogP contribution in [0.5, 0.6) is 0 Å². The van der Waals surface area contributed by atoms with Gasteiger partial charge in [-0.15, -0.1) is 0 Å². The van der Waals surface area contributed by atoms with Crippen LogP contribution in [0, 0.1) is 10.1 Å². The van der Waals surface area contributed by atoms with Crippen LogP contribution >= 0.6 is 0 Å². The van der Waals surface area contributed by atoms with Crippen molar-refractivity contribution in [2.24, 2.45) is 5.73 Å². The number of primary amides is 1. The summed E-state index contributed by atoms with van der Waals surface area (Å²) >= 11 is 0. The standard InChI is InChI=1S/C41H49N7O13/c1-22(44-40(55)23(2)60-37-35(45-24(3)50)41(61-31(20-49)36(37)52)59-21-25-10-5-4-6-11-25)39(54)47-29(38(42)53)16-17-32(51)58-19-18-43-34-26-12-7-8-13-27(26)46-28-14-9-15-30(33(28)34)48(56)57/h4-15,22-23,29,31,35-37,41,49,52H,16-21H2,1-3H3,(H2,42,53)(H,43,46)(H,44,55)(H,45,50)(H,47,54)/t22-,23?,29+,31?,35?,36?,37?,41?/m0/s1. The maximum Gasteiger partial charge on any atom is 0.305 e. The third-order valence-corrected chi connectivity index (χ3v) is 9.81. The summed E-state index contributed by atoms with van der Waals surface area (Å²) < 4.78 is 22.9. The number of fused-ring (bicyclic) bond motifs is 2. The molecule has 20 heteroatoms. The van der Waals surface area contributed by atoms with Crippen LogP contribution < -0.4 is 27.0 Å². The van der Waals surface area contributed by atoms with Crippen LogP contribution in [0.4, 0.5) is 11.4 Å². The first-order chi connectivity index (χ1) is 29.2. The highest BCUT2D eigenvalue weighted by Crippen LogP contribution is 2.36. The van der Waals surface area contributed by atoms with Crippen molar-refractivity contribution in [2.75, 3.05) is 25.1 Å². The van der Waals surface area contributed by atoms with E-state index >= 15 is 0 Å². The lowest BCUT2D eigenvalue weighted by atomic mass is 9.96. The van der Waals surface area contributed by atoms with Gasteiger partial charge in [-0.3, -0.25) is 34.1 Å². The molecule has 2 heterocycles. The average molecular weight is 848 g/mol. The highest BCUT2D eigenvalue weighted by Gasteiger charge is 2.48. The van der Waals surface area contributed by atoms with E-state index < -0.39 is 90.0 Å². The second-order valence-electron chi connectivity index (χ2n) is 14.3. The Balaban J connectivity index is 1.12. The number of carbonyl (C=O) groups excluding carboxylic acids is 5. The molecule has 4 aromatic rings. The molecule has 1 aliphatic rings. The Morgan fingerprint density at radius 2 is 1.67 bits per heavy atom. The number of rotatable bonds is 20. The molecule has 326 valence electrons. The highest BCUT2D eigenvalue weighted by molar-refractivity contribution is 6.11. The smallest absolute Gasteiger partial charge is 0.305 e. The molecular weight excluding hydrogens is 798 g/mol. The quantitative estimate of drug-likeness (QED) is 0.0215. The second-order valence-corrected chi connectivity index (χ2v) is 14.3. The van der Waals surface area contributed by atoms with Gasteiger partial charge < -0.3 is 56.2 Å². The minimum Gasteiger partial charge on any atom is -0.464 e. The van der Waals surface area contributed by atoms with E-state index in [9.17, 15) is 44.3 Å². The average Bonchev–Trinajstić information content (AvgIpc) is 3.23. The van der Waals surface area contributed by atoms with Gasteiger partial charge in [-0.25, -0.2) is 4.98 Å². The van der Waals surface area contributed by atoms with Gasteiger partial charge in [0.15, 0.2) is 6.29 Å². The molecule has 61 heavy (non-hydrogen) atoms. The van der Waals surface area contributed by atoms with E-state index in [4.69, 9.17) is 24.7 Å². The lowest BCUT2D eigenvalue weighted by molar-refractivity contribution is -0.383. The monoisotopic (exact) mass is 847 g/mol. The van der Waals surface area contributed by atoms with E-state index in [0.717, 1.165) is 5.56 Å². The second kappa shape index (κ2) is 21.3. The lowest BCUT2D eigenvalue weighted by Crippen LogP contribution is -2.66. The maximum absolute atomic E-state index is 13.2. The number of nitrogens with two attached hydrogens (primary N) is 1. The Bertz CT molecular complexity index is 2210. The third kappa shape index (κ3) is 11.9. The molecule has 0 saturated carbocycles. The van der Waals surface area contributed by atoms with Gasteiger partial charge in [-0.05, 0) is 38.0 Å². The molecule has 0 bridgehead atoms. The first-order valence-electron chi connectivity index (χ1n) is 19.5. The van der Waals surface area contributed by atoms with Crippen molar-refractivity contribution >= 4 is 62.8 Å². The predicted octanol–water partition coefficient (Wildman–Crippen LogP) is 1.08. The minimum atomic E-state index is -1.51. The van der Waals surface area contributed by atoms with E-state index in [0.29, 0.717) is 27.5 Å². The van der Waals surface area contributed by atoms with Crippen LogP contribution in [0.3, 0.4) is 0 Å². The number of ether oxygens (including phenoxy) is 4. The molecule has 0 aliphatic carbocycles. The van der Waals surface area contributed by atoms with Gasteiger partial charge in [0.2, 0.25) is 23.6 Å². The van der Waals surface area contributed by atoms with Crippen molar-refractivity contribution in [1.82, 2.24) is 20.9 Å². The van der Waals surface area contributed by atoms with Crippen molar-refractivity contribution in [3.8, 4) is 0 Å². The number of aromatic nitrogens is 1. The van der Waals surface area contributed by atoms with E-state index in [1.165, 1.54) is 26.8 Å². The van der Waals surface area contributed by atoms with Crippen molar-refractivity contribution in [2.45, 2.75) is 89.1 Å². The summed E-state index contributed by atoms with van der Waals surface area (Å²) in [6.45, 7) is 3.26. The summed E-state index contributed by atoms with van der Waals surface area (Å²) in [6, 6.07) is 17.0. The number of amides is 4. The van der Waals surface area contributed by atoms with Crippen LogP contribution in [0.2, 0.25) is 0 Å². The molecule has 1 aliphatic heterocycles. The van der Waals surface area contributed by atoms with Crippen LogP contribution in [-0.2, 0) is 49.5 Å². The number of pyridine rings is 1. The van der Waals surface area contributed by atoms with Gasteiger partial charge in [0.1, 0.15) is 54.5 Å². The number of carbonyl (C=O) groups is 5. The van der Waals surface area contributed by atoms with Gasteiger partial charge in [0, 0.05) is 31.3 Å². The third-order valence-electron chi connectivity index (χ3n) is 9.81. The van der Waals surface area contributed by atoms with E-state index in [1.54, 1.807) is 60.7 Å². The number of para-hydroxylation sites is 1. The van der Waals surface area contributed by atoms with Crippen LogP contribution in [0.15, 0.2) is 72.8 Å². The topological polar surface area (TPSA) is 293 Å². The molecule has 1 saturated heterocycles. The Kier molecular flexibility index (Phi) is 16.0. The zero-order valence-electron chi connectivity index (χ0n) is 33.6. The van der Waals surface area contributed by atoms with E-state index in [-0.39, 0.29) is 38.3 Å². The molecule has 8 N–H and O–H groups in total. The Hall–Kier alpha value is -6.32. The van der Waals surface area contributed by atoms with Crippen LogP contribution in [0.1, 0.15) is 39.2 Å². The highest BCUT2D eigenvalue weighted by atomic mass is 16.7. The lowest BCUT2D eigenvalue weighted by Gasteiger charge is -2.44. The molecule has 1 aromatic heterocycles. The number of benzene rings is 3. The number of hydrogen-bond donors (Lipinski definition) is 7. The molecule has 1 fully saturated rings. The fourth-order valence-electron chi connectivity index (χ4n) is 6.72. The van der Waals surface area contributed by atoms with Gasteiger partial charge in [0.25, 0.3) is 5.69 Å². The zero-order chi connectivity index (χ0) is 44.2. The molecule has 3 aromatic carbocycles. The number of esters is 1. The molecular formula is C41H49N7O13. The number of non-ortho nitro benzene ring substituents is 1. The van der Waals surface area contributed by atoms with Gasteiger partial charge in [-0.1, -0.05) is 54.6 Å². The van der Waals surface area contributed by atoms with Crippen molar-refractivity contribution in [1.29, 1.82) is 0 Å². The fraction of sp³-hybridized carbons (Fsp3) is 0.415. The van der Waals surface area contributed by atoms with Crippen molar-refractivity contribution in [3.63, 3.8) is 0 Å². The van der Waals surface area contributed by atoms with E-state index in [2.05, 4.69) is 26.3 Å². The first-order valence-corrected chi connectivity index (χ1v) is 19.5. The summed E-state index contributed by atoms with van der Waals surface area (Å²) in [6.07, 6.45) is -7.11. The number of anilines is 1. The number of nitro benzene ring substituents is 1. The molecule has 8 atom stereocenters. The largest absolute Gasteiger partial charge is 0.464 e. The van der Waals surface area contributed by atoms with Gasteiger partial charge in [0.05, 0.1) is 34.9 Å². The SMILES string of the molecule is CC(=O)NC1C(OCc2ccccc2)OC(CO)C(O)C1OC(C)C(=O)N[C@@H](C)C(=O)N[C@H](CCC(=O)OCCNc1c2ccccc2nc2cccc([N+](=O)[O-])c12)C(N)=O. The summed E-state index contributed by atoms with van der Waals surface area (Å²) in [5.74, 6) is -3.80. The number of nitrogens with zero attached hydrogens (tertiary/aromatic N) is 2. The Morgan fingerprint density at radius 1 is 0.967 bits per heavy atom. The normalized spacial score (nSPS) is 20.2. The fourth-order valence-corrected chi connectivity index (χ4v) is 6.72. The summed E-state index contributed by atoms with van der Waals surface area (Å²) in [7, 11) is 0. The summed E-state index contributed by atoms with van der Waals surface area (Å²) in [4.78, 5) is 79.3. The van der Waals surface area contributed by atoms with Crippen LogP contribution in [0.25, 0.3) is 21.8 Å². The number of aliphatic hydroxyl groups is 2. The summed E-state index contributed by atoms with van der Waals surface area (Å²) in [5.41, 5.74) is 7.62. The number of aliphatic hydroxyl groups excluding tert-OH is 2. The molecule has 5 rings (SSSR count). The Morgan fingerprint density at radius 3 is 2.36 bits per heavy atom. The summed E-state index contributed by atoms with van der Waals surface area (Å²) in [5, 5.41) is 44.4. The Labute approximate surface area is 349 Å². The van der Waals surface area contributed by atoms with E-state index in [1.807, 2.05) is 6.07 Å². The molecule has 20 nitrogen and oxygen atoms in total. The van der Waals surface area contributed by atoms with Gasteiger partial charge in [-0.2, -0.15) is 0 Å². The molecule has 0 radical (unpaired) electrons. The van der Waals surface area contributed by atoms with Crippen LogP contribution in [-0.4, -0.2) is 118 Å².